The molecule has 1 saturated heterocycles. The summed E-state index contributed by atoms with van der Waals surface area (Å²) in [6.07, 6.45) is 3.84. The summed E-state index contributed by atoms with van der Waals surface area (Å²) < 4.78 is 12.8. The van der Waals surface area contributed by atoms with Gasteiger partial charge < -0.3 is 51.6 Å². The summed E-state index contributed by atoms with van der Waals surface area (Å²) in [5.41, 5.74) is 12.8. The molecule has 64 heavy (non-hydrogen) atoms. The van der Waals surface area contributed by atoms with Crippen LogP contribution >= 0.6 is 0 Å². The summed E-state index contributed by atoms with van der Waals surface area (Å²) in [6.45, 7) is 9.94. The average molecular weight is 878 g/mol. The van der Waals surface area contributed by atoms with Gasteiger partial charge in [0.1, 0.15) is 12.2 Å². The van der Waals surface area contributed by atoms with Crippen molar-refractivity contribution in [3.8, 4) is 23.3 Å². The van der Waals surface area contributed by atoms with E-state index in [1.54, 1.807) is 13.0 Å². The molecule has 3 aliphatic heterocycles. The van der Waals surface area contributed by atoms with Crippen molar-refractivity contribution < 1.29 is 34.7 Å². The Morgan fingerprint density at radius 3 is 2.66 bits per heavy atom. The van der Waals surface area contributed by atoms with E-state index in [9.17, 15) is 25.2 Å². The Balaban J connectivity index is 1.34. The summed E-state index contributed by atoms with van der Waals surface area (Å²) >= 11 is 0. The van der Waals surface area contributed by atoms with Crippen molar-refractivity contribution in [2.75, 3.05) is 32.7 Å². The number of carbonyl (C=O) groups excluding carboxylic acids is 1. The Kier molecular flexibility index (Phi) is 15.6. The van der Waals surface area contributed by atoms with Crippen molar-refractivity contribution in [1.82, 2.24) is 16.0 Å². The van der Waals surface area contributed by atoms with E-state index in [1.807, 2.05) is 6.07 Å². The van der Waals surface area contributed by atoms with E-state index in [1.165, 1.54) is 34.7 Å². The van der Waals surface area contributed by atoms with E-state index in [0.29, 0.717) is 50.1 Å². The fraction of sp³-hybridized carbons (Fsp3) is 0.577. The van der Waals surface area contributed by atoms with Gasteiger partial charge in [-0.25, -0.2) is 0 Å². The zero-order chi connectivity index (χ0) is 45.4. The van der Waals surface area contributed by atoms with Crippen LogP contribution in [-0.2, 0) is 35.4 Å². The lowest BCUT2D eigenvalue weighted by molar-refractivity contribution is -0.152. The number of esters is 1. The van der Waals surface area contributed by atoms with Crippen LogP contribution in [0.2, 0.25) is 0 Å². The number of carbonyl (C=O) groups is 1. The lowest BCUT2D eigenvalue weighted by Crippen LogP contribution is -2.59. The van der Waals surface area contributed by atoms with E-state index in [-0.39, 0.29) is 61.2 Å². The van der Waals surface area contributed by atoms with E-state index >= 15 is 0 Å². The highest BCUT2D eigenvalue weighted by atomic mass is 16.5. The van der Waals surface area contributed by atoms with E-state index in [2.05, 4.69) is 84.1 Å². The molecule has 12 heteroatoms. The number of phenols is 1. The molecule has 8 bridgehead atoms. The van der Waals surface area contributed by atoms with Gasteiger partial charge in [0.15, 0.2) is 17.5 Å². The van der Waals surface area contributed by atoms with Gasteiger partial charge in [0, 0.05) is 56.1 Å². The van der Waals surface area contributed by atoms with Crippen molar-refractivity contribution in [3.63, 3.8) is 0 Å². The average Bonchev–Trinajstić information content (AvgIpc) is 3.25. The predicted molar refractivity (Wildman–Crippen MR) is 250 cm³/mol. The van der Waals surface area contributed by atoms with Gasteiger partial charge in [-0.1, -0.05) is 71.9 Å². The smallest absolute Gasteiger partial charge is 0.302 e. The number of aromatic hydroxyl groups is 1. The molecule has 7 rings (SSSR count). The number of aliphatic imine (C=N–C) groups is 1. The Hall–Kier alpha value is -4.64. The molecule has 0 amide bonds. The maximum Gasteiger partial charge on any atom is 0.302 e. The topological polar surface area (TPSA) is 191 Å². The van der Waals surface area contributed by atoms with Crippen LogP contribution in [0.1, 0.15) is 110 Å². The Labute approximate surface area is 379 Å². The van der Waals surface area contributed by atoms with Crippen molar-refractivity contribution in [1.29, 1.82) is 0 Å². The number of fused-ring (bicyclic) bond motifs is 8. The second kappa shape index (κ2) is 21.1. The largest absolute Gasteiger partial charge is 0.504 e. The molecule has 1 aliphatic carbocycles. The number of guanidine groups is 1. The van der Waals surface area contributed by atoms with Crippen molar-refractivity contribution in [2.45, 2.75) is 141 Å². The van der Waals surface area contributed by atoms with Gasteiger partial charge in [-0.3, -0.25) is 9.79 Å². The summed E-state index contributed by atoms with van der Waals surface area (Å²) in [5.74, 6) is 6.67. The molecular formula is C52H71N5O7. The van der Waals surface area contributed by atoms with Crippen LogP contribution in [0.25, 0.3) is 0 Å². The van der Waals surface area contributed by atoms with Crippen LogP contribution in [-0.4, -0.2) is 95.0 Å². The Bertz CT molecular complexity index is 2160. The first kappa shape index (κ1) is 47.3. The molecule has 4 aliphatic rings. The number of rotatable bonds is 5. The predicted octanol–water partition coefficient (Wildman–Crippen LogP) is 5.25. The van der Waals surface area contributed by atoms with Crippen molar-refractivity contribution in [3.05, 3.63) is 93.5 Å². The maximum atomic E-state index is 12.8. The molecule has 346 valence electrons. The first-order valence-electron chi connectivity index (χ1n) is 23.6. The molecule has 9 unspecified atom stereocenters. The molecule has 3 aromatic carbocycles. The molecule has 1 spiro atoms. The minimum atomic E-state index is -1.04. The number of ether oxygens (including phenoxy) is 2. The van der Waals surface area contributed by atoms with Crippen molar-refractivity contribution in [2.24, 2.45) is 28.0 Å². The number of phenolic OH excluding ortho intramolecular Hbond substituents is 1. The molecule has 0 aromatic heterocycles. The normalized spacial score (nSPS) is 29.8. The monoisotopic (exact) mass is 878 g/mol. The summed E-state index contributed by atoms with van der Waals surface area (Å²) in [4.78, 5) is 17.7. The lowest BCUT2D eigenvalue weighted by Gasteiger charge is -2.43. The number of hydrogen-bond donors (Lipinski definition) is 8. The molecule has 1 fully saturated rings. The highest BCUT2D eigenvalue weighted by molar-refractivity contribution is 5.78. The highest BCUT2D eigenvalue weighted by Crippen LogP contribution is 2.41. The number of aliphatic hydroxyl groups excluding tert-OH is 3. The van der Waals surface area contributed by atoms with Gasteiger partial charge in [-0.05, 0) is 125 Å². The first-order valence-corrected chi connectivity index (χ1v) is 23.6. The number of hydrogen-bond acceptors (Lipinski definition) is 12. The Morgan fingerprint density at radius 2 is 1.89 bits per heavy atom. The minimum Gasteiger partial charge on any atom is -0.504 e. The lowest BCUT2D eigenvalue weighted by atomic mass is 9.72. The van der Waals surface area contributed by atoms with Gasteiger partial charge in [-0.15, -0.1) is 0 Å². The number of aryl methyl sites for hydroxylation is 2. The second-order valence-electron chi connectivity index (χ2n) is 19.4. The summed E-state index contributed by atoms with van der Waals surface area (Å²) in [6, 6.07) is 18.9. The number of benzene rings is 3. The van der Waals surface area contributed by atoms with Gasteiger partial charge in [0.05, 0.1) is 30.8 Å². The fourth-order valence-electron chi connectivity index (χ4n) is 10.8. The summed E-state index contributed by atoms with van der Waals surface area (Å²) in [5, 5.41) is 56.5. The summed E-state index contributed by atoms with van der Waals surface area (Å²) in [7, 11) is 0. The molecule has 12 nitrogen and oxygen atoms in total. The van der Waals surface area contributed by atoms with Gasteiger partial charge in [0.25, 0.3) is 0 Å². The van der Waals surface area contributed by atoms with Crippen LogP contribution in [0.3, 0.4) is 0 Å². The maximum absolute atomic E-state index is 12.8. The van der Waals surface area contributed by atoms with E-state index < -0.39 is 35.6 Å². The molecule has 0 radical (unpaired) electrons. The fourth-order valence-corrected chi connectivity index (χ4v) is 10.8. The third kappa shape index (κ3) is 12.0. The van der Waals surface area contributed by atoms with Crippen molar-refractivity contribution >= 4 is 11.9 Å². The first-order chi connectivity index (χ1) is 30.7. The molecule has 9 N–H and O–H groups in total. The van der Waals surface area contributed by atoms with E-state index in [0.717, 1.165) is 50.8 Å². The van der Waals surface area contributed by atoms with E-state index in [4.69, 9.17) is 20.2 Å². The highest BCUT2D eigenvalue weighted by Gasteiger charge is 2.41. The van der Waals surface area contributed by atoms with Gasteiger partial charge in [0.2, 0.25) is 0 Å². The number of piperidine rings is 1. The number of nitrogens with zero attached hydrogens (tertiary/aromatic N) is 1. The number of nitrogens with one attached hydrogen (secondary N) is 3. The minimum absolute atomic E-state index is 0.0400. The van der Waals surface area contributed by atoms with Crippen LogP contribution in [0, 0.1) is 42.9 Å². The molecule has 3 aromatic rings. The zero-order valence-electron chi connectivity index (χ0n) is 38.3. The van der Waals surface area contributed by atoms with Gasteiger partial charge >= 0.3 is 5.97 Å². The van der Waals surface area contributed by atoms with Crippen LogP contribution in [0.4, 0.5) is 0 Å². The number of nitrogens with two attached hydrogens (primary N) is 1. The van der Waals surface area contributed by atoms with Crippen LogP contribution in [0.15, 0.2) is 59.6 Å². The third-order valence-corrected chi connectivity index (χ3v) is 14.3. The molecule has 9 atom stereocenters. The quantitative estimate of drug-likeness (QED) is 0.123. The van der Waals surface area contributed by atoms with Crippen LogP contribution < -0.4 is 26.4 Å². The molecule has 3 heterocycles. The standard InChI is InChI=1S/C52H71N5O7/c1-33-19-34(2)21-38(20-33)23-42-29-55-50(53)56-31-51(35(3)59)15-10-39-9-6-14-52(32-54-17-12-37-7-5-8-40(42)22-37)28-45(13-18-57-52)64-49-26-41(43(30-58)25-47(49)62)24-46(39)48(63-36(4)60)27-44(61)11-16-51/h5,7-8,19-22,25-26,35,39,42,44-46,48,54,57-59,61-62H,6,9,11-14,16-18,23-24,27-32H2,1-4H3,(H3,53,55,56). The van der Waals surface area contributed by atoms with Gasteiger partial charge in [-0.2, -0.15) is 0 Å². The zero-order valence-corrected chi connectivity index (χ0v) is 38.3. The molecule has 0 saturated carbocycles. The second-order valence-corrected chi connectivity index (χ2v) is 19.4. The molecular weight excluding hydrogens is 807 g/mol. The Morgan fingerprint density at radius 1 is 1.08 bits per heavy atom. The number of aliphatic hydroxyl groups is 3. The van der Waals surface area contributed by atoms with Crippen LogP contribution in [0.5, 0.6) is 11.5 Å². The third-order valence-electron chi connectivity index (χ3n) is 14.3. The SMILES string of the molecule is CC(=O)OC1CC(O)CCC2(C(C)O)C#CC3CCCC4(CNCCc5cccc(c5)C(Cc5cc(C)cc(C)c5)CNC(N)=NC2)CC(CCN4)Oc2cc(c(CO)cc2O)CC31.